The van der Waals surface area contributed by atoms with E-state index >= 15 is 0 Å². The van der Waals surface area contributed by atoms with Crippen molar-refractivity contribution >= 4 is 11.7 Å². The smallest absolute Gasteiger partial charge is 0.254 e. The van der Waals surface area contributed by atoms with E-state index < -0.39 is 0 Å². The van der Waals surface area contributed by atoms with Crippen molar-refractivity contribution in [3.8, 4) is 0 Å². The van der Waals surface area contributed by atoms with Crippen LogP contribution in [0.5, 0.6) is 0 Å². The highest BCUT2D eigenvalue weighted by Crippen LogP contribution is 2.18. The van der Waals surface area contributed by atoms with Gasteiger partial charge in [-0.15, -0.1) is 10.2 Å². The van der Waals surface area contributed by atoms with Crippen LogP contribution in [0.4, 0.5) is 5.82 Å². The lowest BCUT2D eigenvalue weighted by atomic mass is 10.2. The van der Waals surface area contributed by atoms with Gasteiger partial charge in [0.1, 0.15) is 12.1 Å². The maximum absolute atomic E-state index is 11.9. The molecule has 2 rings (SSSR count). The third-order valence-corrected chi connectivity index (χ3v) is 3.20. The Labute approximate surface area is 124 Å². The third-order valence-electron chi connectivity index (χ3n) is 3.20. The van der Waals surface area contributed by atoms with Gasteiger partial charge in [0, 0.05) is 26.3 Å². The highest BCUT2D eigenvalue weighted by atomic mass is 16.1. The summed E-state index contributed by atoms with van der Waals surface area (Å²) in [4.78, 5) is 18.1. The molecule has 0 aliphatic rings. The zero-order chi connectivity index (χ0) is 15.4. The standard InChI is InChI=1S/C14H20N6O/c1-10(2)20-9-17-18-12(20)8-19(4)13-11(14(21)15-3)6-5-7-16-13/h5-7,9-10H,8H2,1-4H3,(H,15,21). The molecule has 7 heteroatoms. The van der Waals surface area contributed by atoms with Crippen LogP contribution in [0.15, 0.2) is 24.7 Å². The number of aromatic nitrogens is 4. The van der Waals surface area contributed by atoms with Crippen molar-refractivity contribution in [2.75, 3.05) is 19.0 Å². The van der Waals surface area contributed by atoms with E-state index in [1.807, 2.05) is 16.5 Å². The van der Waals surface area contributed by atoms with Gasteiger partial charge >= 0.3 is 0 Å². The molecule has 2 heterocycles. The van der Waals surface area contributed by atoms with Gasteiger partial charge in [0.25, 0.3) is 5.91 Å². The quantitative estimate of drug-likeness (QED) is 0.896. The summed E-state index contributed by atoms with van der Waals surface area (Å²) in [7, 11) is 3.49. The number of hydrogen-bond acceptors (Lipinski definition) is 5. The summed E-state index contributed by atoms with van der Waals surface area (Å²) < 4.78 is 2.00. The summed E-state index contributed by atoms with van der Waals surface area (Å²) in [6.45, 7) is 4.67. The Morgan fingerprint density at radius 2 is 2.24 bits per heavy atom. The van der Waals surface area contributed by atoms with E-state index in [0.29, 0.717) is 17.9 Å². The fraction of sp³-hybridized carbons (Fsp3) is 0.429. The highest BCUT2D eigenvalue weighted by molar-refractivity contribution is 5.98. The summed E-state index contributed by atoms with van der Waals surface area (Å²) in [5.74, 6) is 1.30. The number of amides is 1. The van der Waals surface area contributed by atoms with E-state index in [2.05, 4.69) is 34.3 Å². The van der Waals surface area contributed by atoms with Gasteiger partial charge in [-0.3, -0.25) is 4.79 Å². The van der Waals surface area contributed by atoms with Crippen molar-refractivity contribution in [2.24, 2.45) is 0 Å². The number of nitrogens with zero attached hydrogens (tertiary/aromatic N) is 5. The molecule has 112 valence electrons. The Kier molecular flexibility index (Phi) is 4.52. The molecule has 0 aliphatic carbocycles. The van der Waals surface area contributed by atoms with Crippen LogP contribution in [0.1, 0.15) is 36.1 Å². The number of nitrogens with one attached hydrogen (secondary N) is 1. The fourth-order valence-corrected chi connectivity index (χ4v) is 2.11. The second-order valence-corrected chi connectivity index (χ2v) is 5.06. The predicted molar refractivity (Wildman–Crippen MR) is 80.1 cm³/mol. The van der Waals surface area contributed by atoms with Crippen LogP contribution in [0, 0.1) is 0 Å². The molecule has 7 nitrogen and oxygen atoms in total. The van der Waals surface area contributed by atoms with Gasteiger partial charge in [0.2, 0.25) is 0 Å². The van der Waals surface area contributed by atoms with Gasteiger partial charge in [0.15, 0.2) is 5.82 Å². The Morgan fingerprint density at radius 1 is 1.48 bits per heavy atom. The van der Waals surface area contributed by atoms with Crippen LogP contribution in [-0.4, -0.2) is 39.8 Å². The van der Waals surface area contributed by atoms with Crippen LogP contribution in [0.2, 0.25) is 0 Å². The van der Waals surface area contributed by atoms with E-state index in [4.69, 9.17) is 0 Å². The molecule has 0 radical (unpaired) electrons. The van der Waals surface area contributed by atoms with Crippen LogP contribution in [-0.2, 0) is 6.54 Å². The van der Waals surface area contributed by atoms with Gasteiger partial charge < -0.3 is 14.8 Å². The molecule has 0 saturated carbocycles. The van der Waals surface area contributed by atoms with Crippen LogP contribution in [0.25, 0.3) is 0 Å². The first-order valence-corrected chi connectivity index (χ1v) is 6.81. The number of anilines is 1. The van der Waals surface area contributed by atoms with Crippen molar-refractivity contribution in [1.29, 1.82) is 0 Å². The summed E-state index contributed by atoms with van der Waals surface area (Å²) in [6.07, 6.45) is 3.39. The van der Waals surface area contributed by atoms with Gasteiger partial charge in [-0.25, -0.2) is 4.98 Å². The monoisotopic (exact) mass is 288 g/mol. The van der Waals surface area contributed by atoms with Crippen molar-refractivity contribution in [3.63, 3.8) is 0 Å². The average Bonchev–Trinajstić information content (AvgIpc) is 2.94. The van der Waals surface area contributed by atoms with Crippen molar-refractivity contribution in [1.82, 2.24) is 25.1 Å². The molecule has 0 bridgehead atoms. The Bertz CT molecular complexity index is 621. The maximum Gasteiger partial charge on any atom is 0.254 e. The molecule has 0 atom stereocenters. The van der Waals surface area contributed by atoms with Crippen LogP contribution >= 0.6 is 0 Å². The lowest BCUT2D eigenvalue weighted by Crippen LogP contribution is -2.26. The Balaban J connectivity index is 2.26. The molecule has 0 aromatic carbocycles. The minimum atomic E-state index is -0.157. The number of rotatable bonds is 5. The summed E-state index contributed by atoms with van der Waals surface area (Å²) in [5.41, 5.74) is 0.540. The molecule has 0 spiro atoms. The van der Waals surface area contributed by atoms with Crippen LogP contribution < -0.4 is 10.2 Å². The number of carbonyl (C=O) groups is 1. The summed E-state index contributed by atoms with van der Waals surface area (Å²) >= 11 is 0. The Hall–Kier alpha value is -2.44. The molecule has 0 fully saturated rings. The summed E-state index contributed by atoms with van der Waals surface area (Å²) in [5, 5.41) is 10.7. The van der Waals surface area contributed by atoms with E-state index in [-0.39, 0.29) is 11.9 Å². The first-order valence-electron chi connectivity index (χ1n) is 6.81. The predicted octanol–water partition coefficient (Wildman–Crippen LogP) is 1.25. The zero-order valence-corrected chi connectivity index (χ0v) is 12.7. The van der Waals surface area contributed by atoms with Gasteiger partial charge in [-0.2, -0.15) is 0 Å². The van der Waals surface area contributed by atoms with Gasteiger partial charge in [-0.1, -0.05) is 0 Å². The molecule has 0 saturated heterocycles. The largest absolute Gasteiger partial charge is 0.355 e. The molecule has 0 aliphatic heterocycles. The first-order chi connectivity index (χ1) is 10.0. The molecule has 2 aromatic heterocycles. The molecular weight excluding hydrogens is 268 g/mol. The second-order valence-electron chi connectivity index (χ2n) is 5.06. The van der Waals surface area contributed by atoms with Crippen LogP contribution in [0.3, 0.4) is 0 Å². The number of pyridine rings is 1. The fourth-order valence-electron chi connectivity index (χ4n) is 2.11. The molecule has 1 amide bonds. The highest BCUT2D eigenvalue weighted by Gasteiger charge is 2.17. The SMILES string of the molecule is CNC(=O)c1cccnc1N(C)Cc1nncn1C(C)C. The van der Waals surface area contributed by atoms with Crippen molar-refractivity contribution in [3.05, 3.63) is 36.0 Å². The van der Waals surface area contributed by atoms with Gasteiger partial charge in [-0.05, 0) is 26.0 Å². The van der Waals surface area contributed by atoms with Crippen molar-refractivity contribution in [2.45, 2.75) is 26.4 Å². The topological polar surface area (TPSA) is 75.9 Å². The first kappa shape index (κ1) is 15.0. The normalized spacial score (nSPS) is 10.7. The molecule has 2 aromatic rings. The minimum absolute atomic E-state index is 0.157. The lowest BCUT2D eigenvalue weighted by Gasteiger charge is -2.21. The second kappa shape index (κ2) is 6.34. The zero-order valence-electron chi connectivity index (χ0n) is 12.7. The van der Waals surface area contributed by atoms with E-state index in [0.717, 1.165) is 5.82 Å². The molecule has 1 N–H and O–H groups in total. The van der Waals surface area contributed by atoms with E-state index in [1.54, 1.807) is 31.7 Å². The summed E-state index contributed by atoms with van der Waals surface area (Å²) in [6, 6.07) is 3.79. The molecule has 21 heavy (non-hydrogen) atoms. The van der Waals surface area contributed by atoms with Crippen molar-refractivity contribution < 1.29 is 4.79 Å². The van der Waals surface area contributed by atoms with Gasteiger partial charge in [0.05, 0.1) is 12.1 Å². The van der Waals surface area contributed by atoms with E-state index in [9.17, 15) is 4.79 Å². The average molecular weight is 288 g/mol. The number of hydrogen-bond donors (Lipinski definition) is 1. The molecular formula is C14H20N6O. The molecule has 0 unspecified atom stereocenters. The Morgan fingerprint density at radius 3 is 2.90 bits per heavy atom. The minimum Gasteiger partial charge on any atom is -0.355 e. The van der Waals surface area contributed by atoms with E-state index in [1.165, 1.54) is 0 Å². The third kappa shape index (κ3) is 3.18. The maximum atomic E-state index is 11.9. The number of carbonyl (C=O) groups excluding carboxylic acids is 1. The lowest BCUT2D eigenvalue weighted by molar-refractivity contribution is 0.0963.